The maximum atomic E-state index is 10.1. The number of β-amino-alcohol motifs (C(OH)–C–C–N with tert-alkyl or cyclic N) is 1. The van der Waals surface area contributed by atoms with Crippen LogP contribution in [0.4, 0.5) is 0 Å². The third kappa shape index (κ3) is 12.5. The Bertz CT molecular complexity index is 619. The topological polar surface area (TPSA) is 140 Å². The molecule has 2 aliphatic rings. The number of rotatable bonds is 9. The number of benzene rings is 1. The summed E-state index contributed by atoms with van der Waals surface area (Å²) in [6.45, 7) is 7.67. The first-order valence-corrected chi connectivity index (χ1v) is 11.3. The lowest BCUT2D eigenvalue weighted by molar-refractivity contribution is -0.123. The van der Waals surface area contributed by atoms with Crippen LogP contribution in [0.3, 0.4) is 0 Å². The molecule has 0 unspecified atom stereocenters. The first-order valence-electron chi connectivity index (χ1n) is 11.3. The molecule has 1 aromatic rings. The third-order valence-corrected chi connectivity index (χ3v) is 5.61. The molecule has 10 heteroatoms. The normalized spacial score (nSPS) is 21.0. The summed E-state index contributed by atoms with van der Waals surface area (Å²) in [6, 6.07) is 8.28. The summed E-state index contributed by atoms with van der Waals surface area (Å²) in [4.78, 5) is 21.4. The molecule has 10 nitrogen and oxygen atoms in total. The minimum Gasteiger partial charge on any atom is -0.494 e. The summed E-state index contributed by atoms with van der Waals surface area (Å²) in [6.07, 6.45) is 2.65. The average molecular weight is 471 g/mol. The van der Waals surface area contributed by atoms with Gasteiger partial charge in [0.1, 0.15) is 5.75 Å². The van der Waals surface area contributed by atoms with Crippen LogP contribution in [0.1, 0.15) is 24.8 Å². The van der Waals surface area contributed by atoms with Crippen LogP contribution < -0.4 is 4.74 Å². The van der Waals surface area contributed by atoms with Gasteiger partial charge >= 0.3 is 0 Å². The molecule has 0 radical (unpaired) electrons. The fourth-order valence-corrected chi connectivity index (χ4v) is 3.80. The minimum atomic E-state index is -0.427. The van der Waals surface area contributed by atoms with Gasteiger partial charge in [0.15, 0.2) is 0 Å². The summed E-state index contributed by atoms with van der Waals surface area (Å²) in [7, 11) is 0. The predicted octanol–water partition coefficient (Wildman–Crippen LogP) is 0.755. The van der Waals surface area contributed by atoms with Crippen molar-refractivity contribution >= 4 is 12.9 Å². The van der Waals surface area contributed by atoms with Crippen LogP contribution in [0.2, 0.25) is 0 Å². The van der Waals surface area contributed by atoms with Gasteiger partial charge in [-0.1, -0.05) is 12.1 Å². The molecule has 2 saturated heterocycles. The van der Waals surface area contributed by atoms with Gasteiger partial charge in [-0.15, -0.1) is 0 Å². The smallest absolute Gasteiger partial charge is 0.290 e. The maximum Gasteiger partial charge on any atom is 0.290 e. The van der Waals surface area contributed by atoms with Crippen molar-refractivity contribution in [3.8, 4) is 5.75 Å². The van der Waals surface area contributed by atoms with Gasteiger partial charge in [0.25, 0.3) is 12.9 Å². The number of unbranched alkanes of at least 4 members (excludes halogenated alkanes) is 1. The molecule has 4 N–H and O–H groups in total. The molecule has 0 saturated carbocycles. The monoisotopic (exact) mass is 470 g/mol. The summed E-state index contributed by atoms with van der Waals surface area (Å²) in [5.41, 5.74) is 1.23. The largest absolute Gasteiger partial charge is 0.494 e. The number of morpholine rings is 1. The third-order valence-electron chi connectivity index (χ3n) is 5.61. The highest BCUT2D eigenvalue weighted by molar-refractivity contribution is 5.33. The van der Waals surface area contributed by atoms with Crippen molar-refractivity contribution < 1.29 is 39.5 Å². The van der Waals surface area contributed by atoms with Crippen molar-refractivity contribution in [1.29, 1.82) is 0 Å². The van der Waals surface area contributed by atoms with Crippen LogP contribution in [-0.2, 0) is 20.9 Å². The number of aliphatic hydroxyl groups excluding tert-OH is 2. The number of carbonyl (C=O) groups is 2. The van der Waals surface area contributed by atoms with Crippen LogP contribution in [-0.4, -0.2) is 108 Å². The maximum absolute atomic E-state index is 10.1. The van der Waals surface area contributed by atoms with E-state index >= 15 is 0 Å². The molecule has 2 heterocycles. The number of likely N-dealkylation sites (tertiary alicyclic amines) is 1. The van der Waals surface area contributed by atoms with Crippen LogP contribution in [0.25, 0.3) is 0 Å². The van der Waals surface area contributed by atoms with Gasteiger partial charge in [-0.2, -0.15) is 0 Å². The van der Waals surface area contributed by atoms with Gasteiger partial charge in [-0.25, -0.2) is 0 Å². The van der Waals surface area contributed by atoms with Crippen LogP contribution in [0.15, 0.2) is 24.3 Å². The Kier molecular flexibility index (Phi) is 15.9. The molecular formula is C23H38N2O8. The Hall–Kier alpha value is -2.24. The zero-order chi connectivity index (χ0) is 24.3. The van der Waals surface area contributed by atoms with E-state index in [2.05, 4.69) is 21.9 Å². The summed E-state index contributed by atoms with van der Waals surface area (Å²) in [5, 5.41) is 33.1. The lowest BCUT2D eigenvalue weighted by Crippen LogP contribution is -2.44. The fraction of sp³-hybridized carbons (Fsp3) is 0.652. The Balaban J connectivity index is 0.000000819. The number of carboxylic acid groups (broad SMARTS) is 2. The SMILES string of the molecule is O=CO.O=CO.OC[C@H]1CCN(Cc2ccc(OCCCCN3CCOCC3)cc2)C[C@H]1O. The summed E-state index contributed by atoms with van der Waals surface area (Å²) in [5.74, 6) is 0.949. The van der Waals surface area contributed by atoms with Crippen molar-refractivity contribution in [3.63, 3.8) is 0 Å². The van der Waals surface area contributed by atoms with E-state index in [9.17, 15) is 10.2 Å². The highest BCUT2D eigenvalue weighted by Gasteiger charge is 2.26. The number of piperidine rings is 1. The summed E-state index contributed by atoms with van der Waals surface area (Å²) >= 11 is 0. The van der Waals surface area contributed by atoms with Gasteiger partial charge in [-0.05, 0) is 50.0 Å². The Morgan fingerprint density at radius 1 is 1.00 bits per heavy atom. The molecule has 2 aliphatic heterocycles. The van der Waals surface area contributed by atoms with Crippen molar-refractivity contribution in [1.82, 2.24) is 9.80 Å². The second-order valence-corrected chi connectivity index (χ2v) is 7.90. The molecule has 0 aromatic heterocycles. The van der Waals surface area contributed by atoms with Crippen LogP contribution in [0.5, 0.6) is 5.75 Å². The van der Waals surface area contributed by atoms with E-state index in [-0.39, 0.29) is 25.5 Å². The number of nitrogens with zero attached hydrogens (tertiary/aromatic N) is 2. The van der Waals surface area contributed by atoms with E-state index in [1.807, 2.05) is 12.1 Å². The molecule has 1 aromatic carbocycles. The molecule has 33 heavy (non-hydrogen) atoms. The average Bonchev–Trinajstić information content (AvgIpc) is 2.82. The molecule has 0 amide bonds. The van der Waals surface area contributed by atoms with E-state index in [0.29, 0.717) is 6.54 Å². The van der Waals surface area contributed by atoms with E-state index in [1.54, 1.807) is 0 Å². The molecule has 0 aliphatic carbocycles. The van der Waals surface area contributed by atoms with Gasteiger partial charge in [0.05, 0.1) is 25.9 Å². The van der Waals surface area contributed by atoms with Crippen molar-refractivity contribution in [2.45, 2.75) is 31.9 Å². The molecule has 2 atom stereocenters. The molecular weight excluding hydrogens is 432 g/mol. The standard InChI is InChI=1S/C21H34N2O4.2CH2O2/c24-17-19-7-9-23(16-21(19)25)15-18-3-5-20(6-4-18)27-12-2-1-8-22-10-13-26-14-11-22;2*2-1-3/h3-6,19,21,24-25H,1-2,7-17H2;2*1H,(H,2,3)/t19-,21-;;/m1../s1. The molecule has 2 fully saturated rings. The first kappa shape index (κ1) is 28.8. The molecule has 3 rings (SSSR count). The molecule has 0 bridgehead atoms. The van der Waals surface area contributed by atoms with Gasteiger partial charge in [0.2, 0.25) is 0 Å². The van der Waals surface area contributed by atoms with E-state index < -0.39 is 6.10 Å². The predicted molar refractivity (Wildman–Crippen MR) is 122 cm³/mol. The fourth-order valence-electron chi connectivity index (χ4n) is 3.80. The zero-order valence-electron chi connectivity index (χ0n) is 19.1. The highest BCUT2D eigenvalue weighted by atomic mass is 16.5. The van der Waals surface area contributed by atoms with E-state index in [1.165, 1.54) is 5.56 Å². The Morgan fingerprint density at radius 3 is 2.21 bits per heavy atom. The van der Waals surface area contributed by atoms with Gasteiger partial charge in [0, 0.05) is 38.7 Å². The van der Waals surface area contributed by atoms with Crippen molar-refractivity contribution in [2.24, 2.45) is 5.92 Å². The Labute approximate surface area is 195 Å². The van der Waals surface area contributed by atoms with E-state index in [0.717, 1.165) is 77.6 Å². The highest BCUT2D eigenvalue weighted by Crippen LogP contribution is 2.20. The number of ether oxygens (including phenoxy) is 2. The van der Waals surface area contributed by atoms with E-state index in [4.69, 9.17) is 29.3 Å². The zero-order valence-corrected chi connectivity index (χ0v) is 19.1. The van der Waals surface area contributed by atoms with Crippen molar-refractivity contribution in [3.05, 3.63) is 29.8 Å². The lowest BCUT2D eigenvalue weighted by atomic mass is 9.94. The number of hydrogen-bond acceptors (Lipinski definition) is 8. The minimum absolute atomic E-state index is 0.0280. The second-order valence-electron chi connectivity index (χ2n) is 7.90. The lowest BCUT2D eigenvalue weighted by Gasteiger charge is -2.35. The number of hydrogen-bond donors (Lipinski definition) is 4. The number of aliphatic hydroxyl groups is 2. The van der Waals surface area contributed by atoms with Gasteiger partial charge in [-0.3, -0.25) is 19.4 Å². The van der Waals surface area contributed by atoms with Gasteiger partial charge < -0.3 is 29.9 Å². The summed E-state index contributed by atoms with van der Waals surface area (Å²) < 4.78 is 11.2. The second kappa shape index (κ2) is 18.2. The van der Waals surface area contributed by atoms with Crippen molar-refractivity contribution in [2.75, 3.05) is 59.2 Å². The van der Waals surface area contributed by atoms with Crippen LogP contribution in [0, 0.1) is 5.92 Å². The van der Waals surface area contributed by atoms with Crippen LogP contribution >= 0.6 is 0 Å². The molecule has 0 spiro atoms. The quantitative estimate of drug-likeness (QED) is 0.302. The molecule has 188 valence electrons. The Morgan fingerprint density at radius 2 is 1.64 bits per heavy atom. The first-order chi connectivity index (χ1) is 16.1.